The van der Waals surface area contributed by atoms with Gasteiger partial charge in [0.05, 0.1) is 16.6 Å². The molecule has 0 aromatic heterocycles. The van der Waals surface area contributed by atoms with Gasteiger partial charge in [-0.2, -0.15) is 5.10 Å². The summed E-state index contributed by atoms with van der Waals surface area (Å²) in [5.41, 5.74) is 3.72. The standard InChI is InChI=1S/C10H9N3O3/c1-6-9(11-12-10(6)14)7-2-4-8(5-3-7)13(15)16/h2-6H,1H3,(H,12,14). The summed E-state index contributed by atoms with van der Waals surface area (Å²) in [7, 11) is 0. The molecule has 16 heavy (non-hydrogen) atoms. The largest absolute Gasteiger partial charge is 0.272 e. The lowest BCUT2D eigenvalue weighted by Gasteiger charge is -2.03. The maximum Gasteiger partial charge on any atom is 0.269 e. The summed E-state index contributed by atoms with van der Waals surface area (Å²) >= 11 is 0. The zero-order chi connectivity index (χ0) is 11.7. The van der Waals surface area contributed by atoms with Gasteiger partial charge < -0.3 is 0 Å². The van der Waals surface area contributed by atoms with E-state index >= 15 is 0 Å². The van der Waals surface area contributed by atoms with Gasteiger partial charge in [-0.15, -0.1) is 0 Å². The highest BCUT2D eigenvalue weighted by Crippen LogP contribution is 2.17. The molecule has 0 radical (unpaired) electrons. The van der Waals surface area contributed by atoms with Crippen molar-refractivity contribution in [1.29, 1.82) is 0 Å². The molecule has 0 bridgehead atoms. The van der Waals surface area contributed by atoms with E-state index in [0.717, 1.165) is 5.56 Å². The summed E-state index contributed by atoms with van der Waals surface area (Å²) in [4.78, 5) is 21.2. The minimum atomic E-state index is -0.465. The molecule has 0 aliphatic carbocycles. The fourth-order valence-corrected chi connectivity index (χ4v) is 1.50. The lowest BCUT2D eigenvalue weighted by molar-refractivity contribution is -0.384. The van der Waals surface area contributed by atoms with Crippen LogP contribution in [-0.2, 0) is 4.79 Å². The van der Waals surface area contributed by atoms with Crippen molar-refractivity contribution < 1.29 is 9.72 Å². The Labute approximate surface area is 91.1 Å². The van der Waals surface area contributed by atoms with E-state index in [9.17, 15) is 14.9 Å². The molecule has 6 nitrogen and oxygen atoms in total. The van der Waals surface area contributed by atoms with Crippen LogP contribution in [0.5, 0.6) is 0 Å². The molecule has 1 atom stereocenters. The van der Waals surface area contributed by atoms with Gasteiger partial charge in [0.2, 0.25) is 5.91 Å². The van der Waals surface area contributed by atoms with Gasteiger partial charge in [0.25, 0.3) is 5.69 Å². The van der Waals surface area contributed by atoms with Crippen molar-refractivity contribution in [3.05, 3.63) is 39.9 Å². The minimum Gasteiger partial charge on any atom is -0.272 e. The Kier molecular flexibility index (Phi) is 2.40. The van der Waals surface area contributed by atoms with Crippen LogP contribution in [0, 0.1) is 16.0 Å². The maximum absolute atomic E-state index is 11.2. The van der Waals surface area contributed by atoms with Crippen LogP contribution in [-0.4, -0.2) is 16.5 Å². The van der Waals surface area contributed by atoms with Gasteiger partial charge in [0.15, 0.2) is 0 Å². The van der Waals surface area contributed by atoms with E-state index < -0.39 is 4.92 Å². The fraction of sp³-hybridized carbons (Fsp3) is 0.200. The van der Waals surface area contributed by atoms with Gasteiger partial charge in [-0.05, 0) is 24.6 Å². The highest BCUT2D eigenvalue weighted by Gasteiger charge is 2.26. The quantitative estimate of drug-likeness (QED) is 0.596. The summed E-state index contributed by atoms with van der Waals surface area (Å²) in [6.45, 7) is 1.74. The third kappa shape index (κ3) is 1.65. The molecule has 0 saturated carbocycles. The van der Waals surface area contributed by atoms with Gasteiger partial charge in [0, 0.05) is 12.1 Å². The molecule has 1 aliphatic heterocycles. The number of rotatable bonds is 2. The molecule has 1 N–H and O–H groups in total. The highest BCUT2D eigenvalue weighted by molar-refractivity contribution is 6.15. The van der Waals surface area contributed by atoms with E-state index in [4.69, 9.17) is 0 Å². The van der Waals surface area contributed by atoms with Crippen LogP contribution in [0.4, 0.5) is 5.69 Å². The smallest absolute Gasteiger partial charge is 0.269 e. The Bertz CT molecular complexity index is 479. The minimum absolute atomic E-state index is 0.0225. The molecule has 0 fully saturated rings. The Morgan fingerprint density at radius 1 is 1.38 bits per heavy atom. The average molecular weight is 219 g/mol. The van der Waals surface area contributed by atoms with Crippen molar-refractivity contribution >= 4 is 17.3 Å². The van der Waals surface area contributed by atoms with E-state index in [1.165, 1.54) is 12.1 Å². The molecule has 2 rings (SSSR count). The molecule has 6 heteroatoms. The number of carbonyl (C=O) groups is 1. The summed E-state index contributed by atoms with van der Waals surface area (Å²) < 4.78 is 0. The molecular formula is C10H9N3O3. The van der Waals surface area contributed by atoms with Crippen LogP contribution in [0.15, 0.2) is 29.4 Å². The van der Waals surface area contributed by atoms with Crippen LogP contribution < -0.4 is 5.43 Å². The summed E-state index contributed by atoms with van der Waals surface area (Å²) in [5, 5.41) is 14.3. The number of hydrogen-bond acceptors (Lipinski definition) is 4. The van der Waals surface area contributed by atoms with Crippen molar-refractivity contribution in [1.82, 2.24) is 5.43 Å². The van der Waals surface area contributed by atoms with Gasteiger partial charge in [0.1, 0.15) is 0 Å². The average Bonchev–Trinajstić information content (AvgIpc) is 2.60. The second kappa shape index (κ2) is 3.73. The van der Waals surface area contributed by atoms with Crippen LogP contribution in [0.1, 0.15) is 12.5 Å². The lowest BCUT2D eigenvalue weighted by Crippen LogP contribution is -2.20. The highest BCUT2D eigenvalue weighted by atomic mass is 16.6. The monoisotopic (exact) mass is 219 g/mol. The van der Waals surface area contributed by atoms with Crippen molar-refractivity contribution in [3.8, 4) is 0 Å². The molecule has 1 unspecified atom stereocenters. The number of benzene rings is 1. The predicted molar refractivity (Wildman–Crippen MR) is 56.9 cm³/mol. The zero-order valence-electron chi connectivity index (χ0n) is 8.51. The Hall–Kier alpha value is -2.24. The number of nitrogens with zero attached hydrogens (tertiary/aromatic N) is 2. The third-order valence-corrected chi connectivity index (χ3v) is 2.46. The van der Waals surface area contributed by atoms with E-state index in [-0.39, 0.29) is 17.5 Å². The van der Waals surface area contributed by atoms with E-state index in [1.807, 2.05) is 0 Å². The molecule has 1 aromatic carbocycles. The lowest BCUT2D eigenvalue weighted by atomic mass is 9.99. The molecule has 82 valence electrons. The summed E-state index contributed by atoms with van der Waals surface area (Å²) in [6.07, 6.45) is 0. The van der Waals surface area contributed by atoms with Gasteiger partial charge >= 0.3 is 0 Å². The normalized spacial score (nSPS) is 19.2. The van der Waals surface area contributed by atoms with Crippen molar-refractivity contribution in [3.63, 3.8) is 0 Å². The number of hydrogen-bond donors (Lipinski definition) is 1. The van der Waals surface area contributed by atoms with Gasteiger partial charge in [-0.1, -0.05) is 0 Å². The fourth-order valence-electron chi connectivity index (χ4n) is 1.50. The van der Waals surface area contributed by atoms with Crippen molar-refractivity contribution in [2.24, 2.45) is 11.0 Å². The van der Waals surface area contributed by atoms with Crippen LogP contribution in [0.25, 0.3) is 0 Å². The summed E-state index contributed by atoms with van der Waals surface area (Å²) in [6, 6.07) is 5.97. The van der Waals surface area contributed by atoms with E-state index in [2.05, 4.69) is 10.5 Å². The molecule has 0 saturated heterocycles. The first-order valence-corrected chi connectivity index (χ1v) is 4.72. The first kappa shape index (κ1) is 10.3. The molecular weight excluding hydrogens is 210 g/mol. The number of hydrazone groups is 1. The van der Waals surface area contributed by atoms with E-state index in [1.54, 1.807) is 19.1 Å². The van der Waals surface area contributed by atoms with Gasteiger partial charge in [-0.25, -0.2) is 5.43 Å². The van der Waals surface area contributed by atoms with E-state index in [0.29, 0.717) is 5.71 Å². The molecule has 0 spiro atoms. The van der Waals surface area contributed by atoms with Crippen LogP contribution in [0.3, 0.4) is 0 Å². The number of nitro groups is 1. The van der Waals surface area contributed by atoms with Crippen LogP contribution >= 0.6 is 0 Å². The summed E-state index contributed by atoms with van der Waals surface area (Å²) in [5.74, 6) is -0.477. The van der Waals surface area contributed by atoms with Gasteiger partial charge in [-0.3, -0.25) is 14.9 Å². The number of nitrogens with one attached hydrogen (secondary N) is 1. The molecule has 1 amide bonds. The zero-order valence-corrected chi connectivity index (χ0v) is 8.51. The number of amides is 1. The number of carbonyl (C=O) groups excluding carboxylic acids is 1. The second-order valence-corrected chi connectivity index (χ2v) is 3.50. The predicted octanol–water partition coefficient (Wildman–Crippen LogP) is 1.06. The topological polar surface area (TPSA) is 84.6 Å². The molecule has 1 aromatic rings. The Balaban J connectivity index is 2.29. The first-order chi connectivity index (χ1) is 7.59. The number of non-ortho nitro benzene ring substituents is 1. The molecule has 1 heterocycles. The molecule has 1 aliphatic rings. The van der Waals surface area contributed by atoms with Crippen LogP contribution in [0.2, 0.25) is 0 Å². The Morgan fingerprint density at radius 2 is 2.00 bits per heavy atom. The number of nitro benzene ring substituents is 1. The first-order valence-electron chi connectivity index (χ1n) is 4.72. The van der Waals surface area contributed by atoms with Crippen molar-refractivity contribution in [2.45, 2.75) is 6.92 Å². The Morgan fingerprint density at radius 3 is 2.44 bits per heavy atom. The van der Waals surface area contributed by atoms with Crippen molar-refractivity contribution in [2.75, 3.05) is 0 Å². The second-order valence-electron chi connectivity index (χ2n) is 3.50. The maximum atomic E-state index is 11.2. The SMILES string of the molecule is CC1C(=O)NN=C1c1ccc([N+](=O)[O-])cc1. The third-order valence-electron chi connectivity index (χ3n) is 2.46.